The molecule has 0 spiro atoms. The highest BCUT2D eigenvalue weighted by Crippen LogP contribution is 2.16. The lowest BCUT2D eigenvalue weighted by Crippen LogP contribution is -2.24. The van der Waals surface area contributed by atoms with Crippen molar-refractivity contribution in [2.24, 2.45) is 0 Å². The first kappa shape index (κ1) is 21.0. The highest BCUT2D eigenvalue weighted by Gasteiger charge is 2.20. The Bertz CT molecular complexity index is 973. The van der Waals surface area contributed by atoms with Gasteiger partial charge in [0.15, 0.2) is 6.61 Å². The molecule has 0 aromatic heterocycles. The predicted octanol–water partition coefficient (Wildman–Crippen LogP) is 1.96. The molecule has 1 fully saturated rings. The molecule has 0 atom stereocenters. The van der Waals surface area contributed by atoms with Gasteiger partial charge in [0.05, 0.1) is 5.56 Å². The van der Waals surface area contributed by atoms with Gasteiger partial charge in [-0.2, -0.15) is 0 Å². The maximum atomic E-state index is 12.3. The van der Waals surface area contributed by atoms with Crippen LogP contribution in [0.3, 0.4) is 0 Å². The molecule has 1 aliphatic rings. The molecule has 0 saturated carbocycles. The molecule has 8 heteroatoms. The normalized spacial score (nSPS) is 13.1. The zero-order valence-electron chi connectivity index (χ0n) is 16.6. The summed E-state index contributed by atoms with van der Waals surface area (Å²) in [5, 5.41) is 5.10. The summed E-state index contributed by atoms with van der Waals surface area (Å²) in [7, 11) is 1.52. The first-order valence-electron chi connectivity index (χ1n) is 9.62. The number of hydrogen-bond donors (Lipinski definition) is 2. The molecule has 0 radical (unpaired) electrons. The van der Waals surface area contributed by atoms with E-state index in [4.69, 9.17) is 4.74 Å². The Kier molecular flexibility index (Phi) is 6.79. The molecule has 30 heavy (non-hydrogen) atoms. The van der Waals surface area contributed by atoms with Crippen molar-refractivity contribution >= 4 is 29.4 Å². The second-order valence-corrected chi connectivity index (χ2v) is 6.90. The van der Waals surface area contributed by atoms with E-state index in [0.717, 1.165) is 18.5 Å². The van der Waals surface area contributed by atoms with Crippen molar-refractivity contribution in [1.82, 2.24) is 10.2 Å². The Morgan fingerprint density at radius 3 is 2.57 bits per heavy atom. The van der Waals surface area contributed by atoms with E-state index in [1.807, 2.05) is 6.07 Å². The van der Waals surface area contributed by atoms with Crippen LogP contribution in [0.2, 0.25) is 0 Å². The summed E-state index contributed by atoms with van der Waals surface area (Å²) in [6, 6.07) is 13.3. The Morgan fingerprint density at radius 1 is 1.07 bits per heavy atom. The van der Waals surface area contributed by atoms with E-state index >= 15 is 0 Å². The van der Waals surface area contributed by atoms with Crippen molar-refractivity contribution in [3.63, 3.8) is 0 Å². The molecule has 1 heterocycles. The van der Waals surface area contributed by atoms with Gasteiger partial charge in [0, 0.05) is 37.8 Å². The number of rotatable bonds is 7. The Labute approximate surface area is 174 Å². The fourth-order valence-corrected chi connectivity index (χ4v) is 3.18. The van der Waals surface area contributed by atoms with Crippen LogP contribution in [0.4, 0.5) is 5.69 Å². The Morgan fingerprint density at radius 2 is 1.83 bits per heavy atom. The molecule has 8 nitrogen and oxygen atoms in total. The Hall–Kier alpha value is -3.68. The molecule has 2 N–H and O–H groups in total. The third kappa shape index (κ3) is 5.44. The summed E-state index contributed by atoms with van der Waals surface area (Å²) >= 11 is 0. The minimum atomic E-state index is -0.626. The van der Waals surface area contributed by atoms with E-state index in [1.54, 1.807) is 41.3 Å². The molecule has 3 rings (SSSR count). The van der Waals surface area contributed by atoms with Gasteiger partial charge in [0.1, 0.15) is 0 Å². The number of carbonyl (C=O) groups is 4. The Balaban J connectivity index is 1.54. The van der Waals surface area contributed by atoms with E-state index in [-0.39, 0.29) is 11.8 Å². The summed E-state index contributed by atoms with van der Waals surface area (Å²) < 4.78 is 5.10. The molecular weight excluding hydrogens is 386 g/mol. The lowest BCUT2D eigenvalue weighted by Gasteiger charge is -2.15. The molecule has 1 aliphatic heterocycles. The van der Waals surface area contributed by atoms with Gasteiger partial charge in [-0.3, -0.25) is 14.4 Å². The van der Waals surface area contributed by atoms with Crippen LogP contribution in [0.15, 0.2) is 48.5 Å². The van der Waals surface area contributed by atoms with E-state index in [0.29, 0.717) is 29.8 Å². The molecule has 1 saturated heterocycles. The fourth-order valence-electron chi connectivity index (χ4n) is 3.18. The second-order valence-electron chi connectivity index (χ2n) is 6.90. The average molecular weight is 409 g/mol. The van der Waals surface area contributed by atoms with E-state index in [2.05, 4.69) is 10.6 Å². The van der Waals surface area contributed by atoms with Gasteiger partial charge in [0.2, 0.25) is 5.91 Å². The molecule has 3 amide bonds. The molecule has 2 aromatic carbocycles. The molecule has 0 bridgehead atoms. The van der Waals surface area contributed by atoms with Crippen LogP contribution >= 0.6 is 0 Å². The average Bonchev–Trinajstić information content (AvgIpc) is 3.16. The lowest BCUT2D eigenvalue weighted by atomic mass is 10.1. The zero-order chi connectivity index (χ0) is 21.5. The van der Waals surface area contributed by atoms with E-state index < -0.39 is 18.5 Å². The van der Waals surface area contributed by atoms with Crippen LogP contribution in [0, 0.1) is 0 Å². The number of benzene rings is 2. The monoisotopic (exact) mass is 409 g/mol. The maximum absolute atomic E-state index is 12.3. The quantitative estimate of drug-likeness (QED) is 0.681. The van der Waals surface area contributed by atoms with Crippen molar-refractivity contribution in [3.05, 3.63) is 65.2 Å². The number of amides is 3. The largest absolute Gasteiger partial charge is 0.452 e. The molecule has 156 valence electrons. The molecule has 2 aromatic rings. The highest BCUT2D eigenvalue weighted by molar-refractivity contribution is 5.98. The third-order valence-corrected chi connectivity index (χ3v) is 4.68. The van der Waals surface area contributed by atoms with Crippen LogP contribution in [0.1, 0.15) is 39.1 Å². The van der Waals surface area contributed by atoms with Crippen molar-refractivity contribution in [1.29, 1.82) is 0 Å². The van der Waals surface area contributed by atoms with Crippen LogP contribution in [-0.4, -0.2) is 48.8 Å². The van der Waals surface area contributed by atoms with Crippen molar-refractivity contribution in [2.45, 2.75) is 19.4 Å². The SMILES string of the molecule is CNC(=O)c1cccc(NC(=O)COC(=O)c2cccc(CN3CCCC3=O)c2)c1. The maximum Gasteiger partial charge on any atom is 0.338 e. The number of nitrogens with zero attached hydrogens (tertiary/aromatic N) is 1. The predicted molar refractivity (Wildman–Crippen MR) is 110 cm³/mol. The number of likely N-dealkylation sites (tertiary alicyclic amines) is 1. The molecule has 0 unspecified atom stereocenters. The van der Waals surface area contributed by atoms with Crippen molar-refractivity contribution in [2.75, 3.05) is 25.5 Å². The van der Waals surface area contributed by atoms with Gasteiger partial charge >= 0.3 is 5.97 Å². The number of anilines is 1. The van der Waals surface area contributed by atoms with E-state index in [1.165, 1.54) is 13.1 Å². The van der Waals surface area contributed by atoms with Gasteiger partial charge in [-0.1, -0.05) is 18.2 Å². The van der Waals surface area contributed by atoms with Crippen LogP contribution in [0.5, 0.6) is 0 Å². The van der Waals surface area contributed by atoms with Crippen LogP contribution in [-0.2, 0) is 20.9 Å². The summed E-state index contributed by atoms with van der Waals surface area (Å²) in [5.41, 5.74) is 1.97. The number of nitrogens with one attached hydrogen (secondary N) is 2. The van der Waals surface area contributed by atoms with Gasteiger partial charge < -0.3 is 20.3 Å². The first-order chi connectivity index (χ1) is 14.5. The van der Waals surface area contributed by atoms with Crippen LogP contribution < -0.4 is 10.6 Å². The van der Waals surface area contributed by atoms with Gasteiger partial charge in [-0.15, -0.1) is 0 Å². The van der Waals surface area contributed by atoms with Gasteiger partial charge in [-0.25, -0.2) is 4.79 Å². The topological polar surface area (TPSA) is 105 Å². The number of esters is 1. The fraction of sp³-hybridized carbons (Fsp3) is 0.273. The smallest absolute Gasteiger partial charge is 0.338 e. The number of carbonyl (C=O) groups excluding carboxylic acids is 4. The lowest BCUT2D eigenvalue weighted by molar-refractivity contribution is -0.128. The van der Waals surface area contributed by atoms with Crippen molar-refractivity contribution < 1.29 is 23.9 Å². The summed E-state index contributed by atoms with van der Waals surface area (Å²) in [6.07, 6.45) is 1.41. The number of ether oxygens (including phenoxy) is 1. The minimum Gasteiger partial charge on any atom is -0.452 e. The van der Waals surface area contributed by atoms with Crippen LogP contribution in [0.25, 0.3) is 0 Å². The highest BCUT2D eigenvalue weighted by atomic mass is 16.5. The second kappa shape index (κ2) is 9.69. The summed E-state index contributed by atoms with van der Waals surface area (Å²) in [5.74, 6) is -1.30. The minimum absolute atomic E-state index is 0.111. The van der Waals surface area contributed by atoms with E-state index in [9.17, 15) is 19.2 Å². The molecular formula is C22H23N3O5. The first-order valence-corrected chi connectivity index (χ1v) is 9.62. The third-order valence-electron chi connectivity index (χ3n) is 4.68. The van der Waals surface area contributed by atoms with Gasteiger partial charge in [0.25, 0.3) is 11.8 Å². The molecule has 0 aliphatic carbocycles. The van der Waals surface area contributed by atoms with Gasteiger partial charge in [-0.05, 0) is 42.3 Å². The zero-order valence-corrected chi connectivity index (χ0v) is 16.6. The summed E-state index contributed by atoms with van der Waals surface area (Å²) in [4.78, 5) is 49.6. The summed E-state index contributed by atoms with van der Waals surface area (Å²) in [6.45, 7) is 0.703. The standard InChI is InChI=1S/C22H23N3O5/c1-23-21(28)16-6-3-8-18(12-16)24-19(26)14-30-22(29)17-7-2-5-15(11-17)13-25-10-4-9-20(25)27/h2-3,5-8,11-12H,4,9-10,13-14H2,1H3,(H,23,28)(H,24,26). The number of hydrogen-bond acceptors (Lipinski definition) is 5. The van der Waals surface area contributed by atoms with Crippen molar-refractivity contribution in [3.8, 4) is 0 Å².